The second kappa shape index (κ2) is 9.41. The molecule has 0 aromatic heterocycles. The van der Waals surface area contributed by atoms with Crippen molar-refractivity contribution >= 4 is 23.1 Å². The molecular weight excluding hydrogens is 438 g/mol. The van der Waals surface area contributed by atoms with Crippen LogP contribution in [0.15, 0.2) is 72.3 Å². The number of aryl methyl sites for hydroxylation is 3. The van der Waals surface area contributed by atoms with Gasteiger partial charge >= 0.3 is 0 Å². The Morgan fingerprint density at radius 1 is 0.971 bits per heavy atom. The Bertz CT molecular complexity index is 1320. The number of ether oxygens (including phenoxy) is 1. The number of fused-ring (bicyclic) bond motifs is 1. The van der Waals surface area contributed by atoms with E-state index in [4.69, 9.17) is 4.74 Å². The number of nitrogens with zero attached hydrogens (tertiary/aromatic N) is 1. The van der Waals surface area contributed by atoms with Crippen LogP contribution in [0.3, 0.4) is 0 Å². The third-order valence-electron chi connectivity index (χ3n) is 7.10. The topological polar surface area (TPSA) is 66.8 Å². The number of carbonyl (C=O) groups is 2. The van der Waals surface area contributed by atoms with Gasteiger partial charge in [-0.25, -0.2) is 0 Å². The van der Waals surface area contributed by atoms with Crippen molar-refractivity contribution in [3.8, 4) is 5.75 Å². The van der Waals surface area contributed by atoms with Crippen molar-refractivity contribution in [1.82, 2.24) is 0 Å². The van der Waals surface area contributed by atoms with E-state index in [9.17, 15) is 14.7 Å². The van der Waals surface area contributed by atoms with Crippen LogP contribution in [-0.2, 0) is 28.9 Å². The largest absolute Gasteiger partial charge is 0.507 e. The van der Waals surface area contributed by atoms with Gasteiger partial charge in [0.2, 0.25) is 0 Å². The van der Waals surface area contributed by atoms with Crippen molar-refractivity contribution in [2.24, 2.45) is 0 Å². The Morgan fingerprint density at radius 2 is 1.71 bits per heavy atom. The molecule has 0 saturated carbocycles. The van der Waals surface area contributed by atoms with Crippen LogP contribution in [0.1, 0.15) is 53.6 Å². The van der Waals surface area contributed by atoms with E-state index in [2.05, 4.69) is 6.92 Å². The first-order chi connectivity index (χ1) is 17.0. The Hall–Kier alpha value is -3.86. The van der Waals surface area contributed by atoms with Gasteiger partial charge in [0, 0.05) is 11.3 Å². The fourth-order valence-electron chi connectivity index (χ4n) is 5.15. The quantitative estimate of drug-likeness (QED) is 0.294. The molecule has 3 aromatic rings. The standard InChI is InChI=1S/C30H29NO4/c1-3-19-11-15-24(16-12-19)31-27(22-9-6-10-25(18-22)35-2)26(29(33)30(31)34)28(32)23-14-13-20-7-4-5-8-21(20)17-23/h6,9-18,27,32H,3-5,7-8H2,1-2H3/b28-26-. The van der Waals surface area contributed by atoms with E-state index in [0.29, 0.717) is 22.6 Å². The van der Waals surface area contributed by atoms with Gasteiger partial charge in [-0.1, -0.05) is 43.3 Å². The predicted octanol–water partition coefficient (Wildman–Crippen LogP) is 5.76. The molecule has 1 fully saturated rings. The summed E-state index contributed by atoms with van der Waals surface area (Å²) in [6.45, 7) is 2.07. The molecule has 2 aliphatic rings. The molecular formula is C30H29NO4. The number of benzene rings is 3. The lowest BCUT2D eigenvalue weighted by Gasteiger charge is -2.26. The Balaban J connectivity index is 1.68. The minimum absolute atomic E-state index is 0.0959. The van der Waals surface area contributed by atoms with Gasteiger partial charge < -0.3 is 9.84 Å². The fraction of sp³-hybridized carbons (Fsp3) is 0.267. The second-order valence-electron chi connectivity index (χ2n) is 9.16. The highest BCUT2D eigenvalue weighted by Crippen LogP contribution is 2.43. The molecule has 1 saturated heterocycles. The van der Waals surface area contributed by atoms with Crippen LogP contribution in [0.2, 0.25) is 0 Å². The first kappa shape index (κ1) is 22.9. The van der Waals surface area contributed by atoms with Crippen LogP contribution >= 0.6 is 0 Å². The predicted molar refractivity (Wildman–Crippen MR) is 137 cm³/mol. The molecule has 1 unspecified atom stereocenters. The molecule has 1 atom stereocenters. The van der Waals surface area contributed by atoms with E-state index in [0.717, 1.165) is 37.7 Å². The van der Waals surface area contributed by atoms with E-state index in [1.54, 1.807) is 7.11 Å². The molecule has 1 amide bonds. The lowest BCUT2D eigenvalue weighted by atomic mass is 9.88. The van der Waals surface area contributed by atoms with Crippen molar-refractivity contribution in [1.29, 1.82) is 0 Å². The lowest BCUT2D eigenvalue weighted by molar-refractivity contribution is -0.132. The highest BCUT2D eigenvalue weighted by atomic mass is 16.5. The third kappa shape index (κ3) is 4.12. The average Bonchev–Trinajstić information content (AvgIpc) is 3.18. The van der Waals surface area contributed by atoms with Crippen LogP contribution in [-0.4, -0.2) is 23.9 Å². The monoisotopic (exact) mass is 467 g/mol. The molecule has 3 aromatic carbocycles. The molecule has 5 rings (SSSR count). The average molecular weight is 468 g/mol. The van der Waals surface area contributed by atoms with Crippen LogP contribution in [0.25, 0.3) is 5.76 Å². The molecule has 1 aliphatic carbocycles. The summed E-state index contributed by atoms with van der Waals surface area (Å²) in [7, 11) is 1.58. The number of methoxy groups -OCH3 is 1. The number of amides is 1. The van der Waals surface area contributed by atoms with Gasteiger partial charge in [-0.05, 0) is 84.7 Å². The van der Waals surface area contributed by atoms with E-state index in [1.807, 2.05) is 66.7 Å². The van der Waals surface area contributed by atoms with Crippen molar-refractivity contribution in [3.63, 3.8) is 0 Å². The molecule has 5 heteroatoms. The van der Waals surface area contributed by atoms with Crippen molar-refractivity contribution < 1.29 is 19.4 Å². The number of carbonyl (C=O) groups excluding carboxylic acids is 2. The molecule has 1 aliphatic heterocycles. The van der Waals surface area contributed by atoms with Gasteiger partial charge in [0.15, 0.2) is 0 Å². The van der Waals surface area contributed by atoms with Gasteiger partial charge in [0.1, 0.15) is 11.5 Å². The second-order valence-corrected chi connectivity index (χ2v) is 9.16. The van der Waals surface area contributed by atoms with Crippen molar-refractivity contribution in [3.05, 3.63) is 100 Å². The first-order valence-corrected chi connectivity index (χ1v) is 12.2. The van der Waals surface area contributed by atoms with Gasteiger partial charge in [-0.3, -0.25) is 14.5 Å². The van der Waals surface area contributed by atoms with E-state index >= 15 is 0 Å². The third-order valence-corrected chi connectivity index (χ3v) is 7.10. The molecule has 1 N–H and O–H groups in total. The van der Waals surface area contributed by atoms with Gasteiger partial charge in [0.05, 0.1) is 18.7 Å². The number of hydrogen-bond donors (Lipinski definition) is 1. The molecule has 0 spiro atoms. The number of hydrogen-bond acceptors (Lipinski definition) is 4. The molecule has 5 nitrogen and oxygen atoms in total. The normalized spacial score (nSPS) is 19.0. The van der Waals surface area contributed by atoms with Crippen molar-refractivity contribution in [2.45, 2.75) is 45.1 Å². The van der Waals surface area contributed by atoms with E-state index in [1.165, 1.54) is 16.0 Å². The van der Waals surface area contributed by atoms with Gasteiger partial charge in [-0.2, -0.15) is 0 Å². The highest BCUT2D eigenvalue weighted by molar-refractivity contribution is 6.51. The van der Waals surface area contributed by atoms with Crippen molar-refractivity contribution in [2.75, 3.05) is 12.0 Å². The molecule has 0 bridgehead atoms. The van der Waals surface area contributed by atoms with Gasteiger partial charge in [0.25, 0.3) is 11.7 Å². The summed E-state index contributed by atoms with van der Waals surface area (Å²) in [5.41, 5.74) is 5.59. The molecule has 0 radical (unpaired) electrons. The zero-order valence-corrected chi connectivity index (χ0v) is 20.1. The first-order valence-electron chi connectivity index (χ1n) is 12.2. The zero-order valence-electron chi connectivity index (χ0n) is 20.1. The van der Waals surface area contributed by atoms with Crippen LogP contribution < -0.4 is 9.64 Å². The number of rotatable bonds is 5. The maximum absolute atomic E-state index is 13.4. The van der Waals surface area contributed by atoms with Crippen LogP contribution in [0.5, 0.6) is 5.75 Å². The number of ketones is 1. The lowest BCUT2D eigenvalue weighted by Crippen LogP contribution is -2.29. The maximum atomic E-state index is 13.4. The van der Waals surface area contributed by atoms with E-state index < -0.39 is 17.7 Å². The van der Waals surface area contributed by atoms with Crippen LogP contribution in [0.4, 0.5) is 5.69 Å². The SMILES string of the molecule is CCc1ccc(N2C(=O)C(=O)/C(=C(\O)c3ccc4c(c3)CCCC4)C2c2cccc(OC)c2)cc1. The summed E-state index contributed by atoms with van der Waals surface area (Å²) in [4.78, 5) is 28.3. The number of aliphatic hydroxyl groups excluding tert-OH is 1. The smallest absolute Gasteiger partial charge is 0.300 e. The van der Waals surface area contributed by atoms with Gasteiger partial charge in [-0.15, -0.1) is 0 Å². The minimum atomic E-state index is -0.770. The summed E-state index contributed by atoms with van der Waals surface area (Å²) >= 11 is 0. The fourth-order valence-corrected chi connectivity index (χ4v) is 5.15. The summed E-state index contributed by atoms with van der Waals surface area (Å²) in [5.74, 6) is -0.866. The number of aliphatic hydroxyl groups is 1. The Labute approximate surface area is 205 Å². The zero-order chi connectivity index (χ0) is 24.5. The molecule has 1 heterocycles. The summed E-state index contributed by atoms with van der Waals surface area (Å²) in [6.07, 6.45) is 5.12. The summed E-state index contributed by atoms with van der Waals surface area (Å²) < 4.78 is 5.41. The number of anilines is 1. The number of Topliss-reactive ketones (excluding diaryl/α,β-unsaturated/α-hetero) is 1. The van der Waals surface area contributed by atoms with Crippen LogP contribution in [0, 0.1) is 0 Å². The Morgan fingerprint density at radius 3 is 2.43 bits per heavy atom. The molecule has 178 valence electrons. The maximum Gasteiger partial charge on any atom is 0.300 e. The Kier molecular flexibility index (Phi) is 6.16. The molecule has 35 heavy (non-hydrogen) atoms. The minimum Gasteiger partial charge on any atom is -0.507 e. The summed E-state index contributed by atoms with van der Waals surface area (Å²) in [5, 5.41) is 11.5. The van der Waals surface area contributed by atoms with E-state index in [-0.39, 0.29) is 11.3 Å². The highest BCUT2D eigenvalue weighted by Gasteiger charge is 2.47. The summed E-state index contributed by atoms with van der Waals surface area (Å²) in [6, 6.07) is 20.0.